The van der Waals surface area contributed by atoms with Crippen molar-refractivity contribution in [2.24, 2.45) is 7.05 Å². The molecular formula is C7H6Cl6N2. The number of rotatable bonds is 0. The lowest BCUT2D eigenvalue weighted by molar-refractivity contribution is 0.708. The Kier molecular flexibility index (Phi) is 4.04. The molecule has 0 saturated heterocycles. The van der Waals surface area contributed by atoms with Gasteiger partial charge in [-0.1, -0.05) is 69.6 Å². The lowest BCUT2D eigenvalue weighted by Crippen LogP contribution is -2.09. The van der Waals surface area contributed by atoms with Gasteiger partial charge >= 0.3 is 0 Å². The van der Waals surface area contributed by atoms with Gasteiger partial charge < -0.3 is 0 Å². The average molecular weight is 331 g/mol. The van der Waals surface area contributed by atoms with Crippen molar-refractivity contribution in [1.82, 2.24) is 9.78 Å². The summed E-state index contributed by atoms with van der Waals surface area (Å²) in [6.07, 6.45) is 0. The lowest BCUT2D eigenvalue weighted by Gasteiger charge is -2.13. The summed E-state index contributed by atoms with van der Waals surface area (Å²) < 4.78 is -1.84. The summed E-state index contributed by atoms with van der Waals surface area (Å²) in [6.45, 7) is 1.68. The van der Waals surface area contributed by atoms with Gasteiger partial charge in [0, 0.05) is 12.6 Å². The Bertz CT molecular complexity index is 372. The van der Waals surface area contributed by atoms with Gasteiger partial charge in [-0.3, -0.25) is 4.68 Å². The first-order valence-corrected chi connectivity index (χ1v) is 6.00. The molecule has 1 heterocycles. The van der Waals surface area contributed by atoms with E-state index < -0.39 is 7.59 Å². The molecule has 0 unspecified atom stereocenters. The molecular weight excluding hydrogens is 325 g/mol. The Morgan fingerprint density at radius 1 is 1.00 bits per heavy atom. The highest BCUT2D eigenvalue weighted by atomic mass is 35.6. The molecule has 0 aliphatic rings. The number of hydrogen-bond donors (Lipinski definition) is 0. The predicted octanol–water partition coefficient (Wildman–Crippen LogP) is 4.38. The second-order valence-electron chi connectivity index (χ2n) is 2.94. The molecule has 1 aromatic heterocycles. The zero-order valence-electron chi connectivity index (χ0n) is 7.66. The van der Waals surface area contributed by atoms with Gasteiger partial charge in [0.25, 0.3) is 0 Å². The van der Waals surface area contributed by atoms with E-state index in [2.05, 4.69) is 5.10 Å². The molecule has 0 aromatic carbocycles. The van der Waals surface area contributed by atoms with E-state index in [1.165, 1.54) is 4.68 Å². The van der Waals surface area contributed by atoms with Gasteiger partial charge in [-0.05, 0) is 6.92 Å². The summed E-state index contributed by atoms with van der Waals surface area (Å²) in [7, 11) is 1.62. The highest BCUT2D eigenvalue weighted by molar-refractivity contribution is 6.67. The first kappa shape index (κ1) is 14.0. The topological polar surface area (TPSA) is 17.8 Å². The summed E-state index contributed by atoms with van der Waals surface area (Å²) >= 11 is 34.5. The van der Waals surface area contributed by atoms with Gasteiger partial charge in [0.15, 0.2) is 0 Å². The summed E-state index contributed by atoms with van der Waals surface area (Å²) in [6, 6.07) is 0. The number of alkyl halides is 6. The first-order chi connectivity index (χ1) is 6.55. The quantitative estimate of drug-likeness (QED) is 0.645. The monoisotopic (exact) mass is 328 g/mol. The number of nitrogens with zero attached hydrogens (tertiary/aromatic N) is 2. The molecule has 8 heteroatoms. The van der Waals surface area contributed by atoms with Gasteiger partial charge in [0.1, 0.15) is 5.69 Å². The lowest BCUT2D eigenvalue weighted by atomic mass is 10.2. The molecule has 0 aliphatic heterocycles. The Hall–Kier alpha value is 0.950. The second-order valence-corrected chi connectivity index (χ2v) is 7.50. The van der Waals surface area contributed by atoms with Crippen molar-refractivity contribution in [3.63, 3.8) is 0 Å². The van der Waals surface area contributed by atoms with E-state index in [0.717, 1.165) is 0 Å². The molecule has 86 valence electrons. The molecule has 0 bridgehead atoms. The molecule has 0 spiro atoms. The standard InChI is InChI=1S/C7H6Cl6N2/c1-3-4(6(8,9)10)14-15(2)5(3)7(11,12)13/h1-2H3. The van der Waals surface area contributed by atoms with Gasteiger partial charge in [-0.15, -0.1) is 0 Å². The average Bonchev–Trinajstić information content (AvgIpc) is 2.22. The fourth-order valence-corrected chi connectivity index (χ4v) is 2.63. The third-order valence-corrected chi connectivity index (χ3v) is 2.90. The smallest absolute Gasteiger partial charge is 0.234 e. The minimum atomic E-state index is -1.63. The van der Waals surface area contributed by atoms with Crippen LogP contribution in [0.3, 0.4) is 0 Å². The van der Waals surface area contributed by atoms with E-state index in [4.69, 9.17) is 69.6 Å². The van der Waals surface area contributed by atoms with Crippen LogP contribution in [0.1, 0.15) is 17.0 Å². The van der Waals surface area contributed by atoms with Crippen LogP contribution in [0.15, 0.2) is 0 Å². The van der Waals surface area contributed by atoms with Crippen LogP contribution in [-0.4, -0.2) is 9.78 Å². The van der Waals surface area contributed by atoms with Gasteiger partial charge in [-0.25, -0.2) is 0 Å². The Labute approximate surface area is 117 Å². The molecule has 0 aliphatic carbocycles. The maximum Gasteiger partial charge on any atom is 0.234 e. The van der Waals surface area contributed by atoms with Crippen molar-refractivity contribution < 1.29 is 0 Å². The summed E-state index contributed by atoms with van der Waals surface area (Å²) in [5, 5.41) is 4.02. The third-order valence-electron chi connectivity index (χ3n) is 1.82. The number of aryl methyl sites for hydroxylation is 1. The van der Waals surface area contributed by atoms with Crippen LogP contribution in [0.4, 0.5) is 0 Å². The molecule has 1 rings (SSSR count). The van der Waals surface area contributed by atoms with E-state index in [1.807, 2.05) is 0 Å². The number of halogens is 6. The van der Waals surface area contributed by atoms with Crippen LogP contribution >= 0.6 is 69.6 Å². The minimum absolute atomic E-state index is 0.260. The highest BCUT2D eigenvalue weighted by Crippen LogP contribution is 2.45. The highest BCUT2D eigenvalue weighted by Gasteiger charge is 2.36. The van der Waals surface area contributed by atoms with Crippen molar-refractivity contribution in [1.29, 1.82) is 0 Å². The Balaban J connectivity index is 3.41. The van der Waals surface area contributed by atoms with E-state index in [1.54, 1.807) is 14.0 Å². The van der Waals surface area contributed by atoms with Crippen LogP contribution in [0.2, 0.25) is 0 Å². The van der Waals surface area contributed by atoms with Crippen molar-refractivity contribution in [3.8, 4) is 0 Å². The fourth-order valence-electron chi connectivity index (χ4n) is 1.30. The van der Waals surface area contributed by atoms with Crippen LogP contribution < -0.4 is 0 Å². The van der Waals surface area contributed by atoms with E-state index in [0.29, 0.717) is 11.3 Å². The van der Waals surface area contributed by atoms with Crippen LogP contribution in [0.5, 0.6) is 0 Å². The van der Waals surface area contributed by atoms with E-state index in [9.17, 15) is 0 Å². The molecule has 0 atom stereocenters. The van der Waals surface area contributed by atoms with Crippen molar-refractivity contribution in [2.75, 3.05) is 0 Å². The first-order valence-electron chi connectivity index (χ1n) is 3.73. The predicted molar refractivity (Wildman–Crippen MR) is 66.4 cm³/mol. The maximum absolute atomic E-state index is 5.77. The van der Waals surface area contributed by atoms with Crippen molar-refractivity contribution in [2.45, 2.75) is 14.5 Å². The van der Waals surface area contributed by atoms with Crippen LogP contribution in [0, 0.1) is 6.92 Å². The molecule has 0 saturated carbocycles. The zero-order valence-corrected chi connectivity index (χ0v) is 12.2. The van der Waals surface area contributed by atoms with E-state index in [-0.39, 0.29) is 5.69 Å². The minimum Gasteiger partial charge on any atom is -0.268 e. The number of hydrogen-bond acceptors (Lipinski definition) is 1. The fraction of sp³-hybridized carbons (Fsp3) is 0.571. The molecule has 0 N–H and O–H groups in total. The molecule has 15 heavy (non-hydrogen) atoms. The SMILES string of the molecule is Cc1c(C(Cl)(Cl)Cl)nn(C)c1C(Cl)(Cl)Cl. The van der Waals surface area contributed by atoms with Crippen LogP contribution in [0.25, 0.3) is 0 Å². The Morgan fingerprint density at radius 3 is 1.67 bits per heavy atom. The number of aromatic nitrogens is 2. The summed E-state index contributed by atoms with van der Waals surface area (Å²) in [4.78, 5) is 0. The molecule has 2 nitrogen and oxygen atoms in total. The summed E-state index contributed by atoms with van der Waals surface area (Å²) in [5.41, 5.74) is 1.20. The van der Waals surface area contributed by atoms with Gasteiger partial charge in [0.05, 0.1) is 5.69 Å². The Morgan fingerprint density at radius 2 is 1.47 bits per heavy atom. The molecule has 1 aromatic rings. The van der Waals surface area contributed by atoms with Crippen molar-refractivity contribution >= 4 is 69.6 Å². The van der Waals surface area contributed by atoms with Crippen LogP contribution in [-0.2, 0) is 14.6 Å². The normalized spacial score (nSPS) is 13.3. The summed E-state index contributed by atoms with van der Waals surface area (Å²) in [5.74, 6) is 0. The molecule has 0 radical (unpaired) electrons. The van der Waals surface area contributed by atoms with Crippen molar-refractivity contribution in [3.05, 3.63) is 17.0 Å². The molecule has 0 amide bonds. The van der Waals surface area contributed by atoms with E-state index >= 15 is 0 Å². The zero-order chi connectivity index (χ0) is 12.0. The molecule has 0 fully saturated rings. The van der Waals surface area contributed by atoms with Gasteiger partial charge in [-0.2, -0.15) is 5.10 Å². The largest absolute Gasteiger partial charge is 0.268 e. The van der Waals surface area contributed by atoms with Gasteiger partial charge in [0.2, 0.25) is 7.59 Å². The second kappa shape index (κ2) is 4.32. The maximum atomic E-state index is 5.77. The third kappa shape index (κ3) is 2.99.